The minimum atomic E-state index is -0.985. The largest absolute Gasteiger partial charge is 0.449 e. The molecule has 0 fully saturated rings. The molecule has 2 N–H and O–H groups in total. The average molecular weight is 330 g/mol. The Labute approximate surface area is 139 Å². The molecular weight excluding hydrogens is 312 g/mol. The lowest BCUT2D eigenvalue weighted by Crippen LogP contribution is -2.30. The van der Waals surface area contributed by atoms with Crippen molar-refractivity contribution >= 4 is 23.6 Å². The number of rotatable bonds is 5. The number of nitrogens with zero attached hydrogens (tertiary/aromatic N) is 1. The van der Waals surface area contributed by atoms with E-state index >= 15 is 0 Å². The van der Waals surface area contributed by atoms with Crippen LogP contribution in [-0.2, 0) is 9.53 Å². The van der Waals surface area contributed by atoms with Crippen molar-refractivity contribution in [3.63, 3.8) is 0 Å². The van der Waals surface area contributed by atoms with Gasteiger partial charge in [-0.1, -0.05) is 29.5 Å². The summed E-state index contributed by atoms with van der Waals surface area (Å²) in [4.78, 5) is 28.5. The standard InChI is InChI=1S/C17H18N2O3S/c1-10-6-7-14(11(2)9-10)23-16-13(5-4-8-19-16)17(21)22-12(3)15(18)20/h4-9,12H,1-3H3,(H2,18,20). The van der Waals surface area contributed by atoms with E-state index in [1.807, 2.05) is 26.0 Å². The molecule has 1 aromatic carbocycles. The molecule has 23 heavy (non-hydrogen) atoms. The summed E-state index contributed by atoms with van der Waals surface area (Å²) in [5.74, 6) is -1.30. The van der Waals surface area contributed by atoms with Crippen molar-refractivity contribution in [1.29, 1.82) is 0 Å². The Hall–Kier alpha value is -2.34. The molecule has 1 aromatic heterocycles. The summed E-state index contributed by atoms with van der Waals surface area (Å²) in [5.41, 5.74) is 7.70. The molecular formula is C17H18N2O3S. The molecule has 1 unspecified atom stereocenters. The number of aromatic nitrogens is 1. The van der Waals surface area contributed by atoms with E-state index in [2.05, 4.69) is 11.1 Å². The Kier molecular flexibility index (Phi) is 5.39. The fourth-order valence-electron chi connectivity index (χ4n) is 1.93. The molecule has 1 heterocycles. The zero-order chi connectivity index (χ0) is 17.0. The van der Waals surface area contributed by atoms with Crippen molar-refractivity contribution in [3.05, 3.63) is 53.2 Å². The maximum absolute atomic E-state index is 12.2. The third-order valence-corrected chi connectivity index (χ3v) is 4.41. The summed E-state index contributed by atoms with van der Waals surface area (Å²) < 4.78 is 5.06. The van der Waals surface area contributed by atoms with Gasteiger partial charge >= 0.3 is 5.97 Å². The number of benzene rings is 1. The normalized spacial score (nSPS) is 11.8. The Bertz CT molecular complexity index is 746. The number of primary amides is 1. The second kappa shape index (κ2) is 7.28. The number of hydrogen-bond donors (Lipinski definition) is 1. The smallest absolute Gasteiger partial charge is 0.341 e. The molecule has 2 rings (SSSR count). The van der Waals surface area contributed by atoms with Crippen LogP contribution in [-0.4, -0.2) is 23.0 Å². The van der Waals surface area contributed by atoms with Crippen LogP contribution in [0.2, 0.25) is 0 Å². The summed E-state index contributed by atoms with van der Waals surface area (Å²) in [6.07, 6.45) is 0.627. The van der Waals surface area contributed by atoms with Gasteiger partial charge in [0.05, 0.1) is 5.56 Å². The number of amides is 1. The number of esters is 1. The van der Waals surface area contributed by atoms with Crippen molar-refractivity contribution in [3.8, 4) is 0 Å². The van der Waals surface area contributed by atoms with Crippen LogP contribution >= 0.6 is 11.8 Å². The monoisotopic (exact) mass is 330 g/mol. The first kappa shape index (κ1) is 17.0. The fraction of sp³-hybridized carbons (Fsp3) is 0.235. The highest BCUT2D eigenvalue weighted by Crippen LogP contribution is 2.31. The molecule has 0 bridgehead atoms. The van der Waals surface area contributed by atoms with E-state index in [0.29, 0.717) is 10.6 Å². The molecule has 1 amide bonds. The third-order valence-electron chi connectivity index (χ3n) is 3.21. The molecule has 0 aliphatic rings. The SMILES string of the molecule is Cc1ccc(Sc2ncccc2C(=O)OC(C)C(N)=O)c(C)c1. The van der Waals surface area contributed by atoms with Crippen LogP contribution in [0, 0.1) is 13.8 Å². The Morgan fingerprint density at radius 3 is 2.65 bits per heavy atom. The highest BCUT2D eigenvalue weighted by Gasteiger charge is 2.20. The van der Waals surface area contributed by atoms with Crippen LogP contribution in [0.15, 0.2) is 46.5 Å². The number of carbonyl (C=O) groups excluding carboxylic acids is 2. The molecule has 2 aromatic rings. The van der Waals surface area contributed by atoms with Gasteiger partial charge < -0.3 is 10.5 Å². The lowest BCUT2D eigenvalue weighted by atomic mass is 10.2. The van der Waals surface area contributed by atoms with Crippen molar-refractivity contribution in [1.82, 2.24) is 4.98 Å². The molecule has 0 saturated heterocycles. The zero-order valence-corrected chi connectivity index (χ0v) is 14.0. The topological polar surface area (TPSA) is 82.3 Å². The number of ether oxygens (including phenoxy) is 1. The second-order valence-electron chi connectivity index (χ2n) is 5.18. The average Bonchev–Trinajstić information content (AvgIpc) is 2.50. The minimum absolute atomic E-state index is 0.311. The van der Waals surface area contributed by atoms with Gasteiger partial charge in [-0.05, 0) is 44.5 Å². The second-order valence-corrected chi connectivity index (χ2v) is 6.21. The molecule has 1 atom stereocenters. The van der Waals surface area contributed by atoms with Gasteiger partial charge in [0, 0.05) is 11.1 Å². The molecule has 0 aliphatic heterocycles. The first-order chi connectivity index (χ1) is 10.9. The van der Waals surface area contributed by atoms with Crippen LogP contribution in [0.1, 0.15) is 28.4 Å². The number of nitrogens with two attached hydrogens (primary N) is 1. The number of hydrogen-bond acceptors (Lipinski definition) is 5. The van der Waals surface area contributed by atoms with Crippen molar-refractivity contribution < 1.29 is 14.3 Å². The van der Waals surface area contributed by atoms with E-state index in [9.17, 15) is 9.59 Å². The summed E-state index contributed by atoms with van der Waals surface area (Å²) in [5, 5.41) is 0.529. The Morgan fingerprint density at radius 2 is 2.00 bits per heavy atom. The van der Waals surface area contributed by atoms with E-state index in [1.165, 1.54) is 24.2 Å². The zero-order valence-electron chi connectivity index (χ0n) is 13.2. The predicted molar refractivity (Wildman–Crippen MR) is 88.3 cm³/mol. The summed E-state index contributed by atoms with van der Waals surface area (Å²) >= 11 is 1.39. The van der Waals surface area contributed by atoms with Crippen LogP contribution in [0.3, 0.4) is 0 Å². The van der Waals surface area contributed by atoms with Gasteiger partial charge in [0.1, 0.15) is 5.03 Å². The van der Waals surface area contributed by atoms with Gasteiger partial charge in [0.15, 0.2) is 6.10 Å². The molecule has 6 heteroatoms. The number of carbonyl (C=O) groups is 2. The Balaban J connectivity index is 2.27. The van der Waals surface area contributed by atoms with Crippen LogP contribution in [0.25, 0.3) is 0 Å². The first-order valence-electron chi connectivity index (χ1n) is 7.09. The van der Waals surface area contributed by atoms with Gasteiger partial charge in [-0.3, -0.25) is 4.79 Å². The predicted octanol–water partition coefficient (Wildman–Crippen LogP) is 2.88. The van der Waals surface area contributed by atoms with Gasteiger partial charge in [0.2, 0.25) is 0 Å². The van der Waals surface area contributed by atoms with Crippen LogP contribution < -0.4 is 5.73 Å². The summed E-state index contributed by atoms with van der Waals surface area (Å²) in [6, 6.07) is 9.33. The summed E-state index contributed by atoms with van der Waals surface area (Å²) in [7, 11) is 0. The van der Waals surface area contributed by atoms with Gasteiger partial charge in [-0.25, -0.2) is 9.78 Å². The maximum Gasteiger partial charge on any atom is 0.341 e. The molecule has 0 aliphatic carbocycles. The fourth-order valence-corrected chi connectivity index (χ4v) is 2.87. The van der Waals surface area contributed by atoms with E-state index in [0.717, 1.165) is 10.5 Å². The molecule has 5 nitrogen and oxygen atoms in total. The minimum Gasteiger partial charge on any atom is -0.449 e. The van der Waals surface area contributed by atoms with Crippen molar-refractivity contribution in [2.24, 2.45) is 5.73 Å². The van der Waals surface area contributed by atoms with Crippen LogP contribution in [0.4, 0.5) is 0 Å². The van der Waals surface area contributed by atoms with Crippen LogP contribution in [0.5, 0.6) is 0 Å². The number of pyridine rings is 1. The molecule has 120 valence electrons. The van der Waals surface area contributed by atoms with E-state index in [4.69, 9.17) is 10.5 Å². The van der Waals surface area contributed by atoms with Crippen molar-refractivity contribution in [2.75, 3.05) is 0 Å². The van der Waals surface area contributed by atoms with Gasteiger partial charge in [-0.15, -0.1) is 0 Å². The Morgan fingerprint density at radius 1 is 1.26 bits per heavy atom. The highest BCUT2D eigenvalue weighted by molar-refractivity contribution is 7.99. The van der Waals surface area contributed by atoms with E-state index < -0.39 is 18.0 Å². The van der Waals surface area contributed by atoms with Gasteiger partial charge in [-0.2, -0.15) is 0 Å². The first-order valence-corrected chi connectivity index (χ1v) is 7.90. The van der Waals surface area contributed by atoms with Gasteiger partial charge in [0.25, 0.3) is 5.91 Å². The van der Waals surface area contributed by atoms with E-state index in [1.54, 1.807) is 18.3 Å². The number of aryl methyl sites for hydroxylation is 2. The third kappa shape index (κ3) is 4.32. The lowest BCUT2D eigenvalue weighted by Gasteiger charge is -2.12. The van der Waals surface area contributed by atoms with Crippen molar-refractivity contribution in [2.45, 2.75) is 36.8 Å². The quantitative estimate of drug-likeness (QED) is 0.852. The molecule has 0 saturated carbocycles. The molecule has 0 spiro atoms. The maximum atomic E-state index is 12.2. The van der Waals surface area contributed by atoms with E-state index in [-0.39, 0.29) is 0 Å². The lowest BCUT2D eigenvalue weighted by molar-refractivity contribution is -0.125. The molecule has 0 radical (unpaired) electrons. The highest BCUT2D eigenvalue weighted by atomic mass is 32.2. The summed E-state index contributed by atoms with van der Waals surface area (Å²) in [6.45, 7) is 5.47.